The van der Waals surface area contributed by atoms with Crippen LogP contribution < -0.4 is 5.32 Å². The Morgan fingerprint density at radius 2 is 1.82 bits per heavy atom. The molecule has 1 aromatic carbocycles. The van der Waals surface area contributed by atoms with Crippen LogP contribution in [0.15, 0.2) is 65.6 Å². The van der Waals surface area contributed by atoms with Crippen molar-refractivity contribution in [3.8, 4) is 40.0 Å². The summed E-state index contributed by atoms with van der Waals surface area (Å²) in [5.74, 6) is 0.534. The van der Waals surface area contributed by atoms with Gasteiger partial charge in [0.2, 0.25) is 0 Å². The summed E-state index contributed by atoms with van der Waals surface area (Å²) in [5.41, 5.74) is 4.97. The zero-order valence-electron chi connectivity index (χ0n) is 19.0. The molecule has 8 nitrogen and oxygen atoms in total. The summed E-state index contributed by atoms with van der Waals surface area (Å²) in [7, 11) is 0. The molecule has 0 atom stereocenters. The molecule has 1 saturated heterocycles. The standard InChI is InChI=1S/C26H24N6O2/c1-26(2,16-27)25-9-19(7-8-29-25)22-12-28-13-23(31-22)24-10-21(32-34-24)18-5-3-17(4-6-18)11-30-20-14-33-15-20/h3-10,12-13,20,30H,11,14-15H2,1-2H3. The van der Waals surface area contributed by atoms with Gasteiger partial charge in [-0.25, -0.2) is 4.98 Å². The van der Waals surface area contributed by atoms with E-state index < -0.39 is 5.41 Å². The highest BCUT2D eigenvalue weighted by Gasteiger charge is 2.22. The summed E-state index contributed by atoms with van der Waals surface area (Å²) >= 11 is 0. The van der Waals surface area contributed by atoms with Crippen molar-refractivity contribution in [1.29, 1.82) is 5.26 Å². The molecule has 0 amide bonds. The van der Waals surface area contributed by atoms with Crippen molar-refractivity contribution in [2.45, 2.75) is 31.8 Å². The second-order valence-corrected chi connectivity index (χ2v) is 8.84. The Kier molecular flexibility index (Phi) is 5.88. The number of aromatic nitrogens is 4. The van der Waals surface area contributed by atoms with Crippen LogP contribution in [0.4, 0.5) is 0 Å². The summed E-state index contributed by atoms with van der Waals surface area (Å²) in [6.07, 6.45) is 5.01. The smallest absolute Gasteiger partial charge is 0.187 e. The maximum absolute atomic E-state index is 9.43. The summed E-state index contributed by atoms with van der Waals surface area (Å²) in [6.45, 7) is 6.05. The minimum Gasteiger partial charge on any atom is -0.378 e. The van der Waals surface area contributed by atoms with E-state index in [2.05, 4.69) is 38.6 Å². The molecule has 3 aromatic heterocycles. The van der Waals surface area contributed by atoms with Crippen LogP contribution in [0.2, 0.25) is 0 Å². The van der Waals surface area contributed by atoms with Crippen LogP contribution in [-0.2, 0) is 16.7 Å². The third kappa shape index (κ3) is 4.57. The van der Waals surface area contributed by atoms with Gasteiger partial charge < -0.3 is 14.6 Å². The first-order valence-corrected chi connectivity index (χ1v) is 11.1. The molecule has 0 spiro atoms. The molecule has 1 aliphatic rings. The molecule has 0 saturated carbocycles. The summed E-state index contributed by atoms with van der Waals surface area (Å²) in [5, 5.41) is 17.1. The van der Waals surface area contributed by atoms with Gasteiger partial charge in [-0.15, -0.1) is 0 Å². The van der Waals surface area contributed by atoms with E-state index in [1.54, 1.807) is 18.6 Å². The molecule has 4 aromatic rings. The Hall–Kier alpha value is -3.93. The van der Waals surface area contributed by atoms with Crippen molar-refractivity contribution in [1.82, 2.24) is 25.4 Å². The number of pyridine rings is 1. The van der Waals surface area contributed by atoms with E-state index in [1.165, 1.54) is 5.56 Å². The number of hydrogen-bond acceptors (Lipinski definition) is 8. The molecule has 0 aliphatic carbocycles. The molecule has 8 heteroatoms. The molecule has 0 bridgehead atoms. The van der Waals surface area contributed by atoms with Gasteiger partial charge in [-0.3, -0.25) is 9.97 Å². The van der Waals surface area contributed by atoms with Gasteiger partial charge in [0.1, 0.15) is 11.4 Å². The Labute approximate surface area is 197 Å². The van der Waals surface area contributed by atoms with Gasteiger partial charge in [-0.1, -0.05) is 29.4 Å². The van der Waals surface area contributed by atoms with Gasteiger partial charge in [0, 0.05) is 29.9 Å². The molecular weight excluding hydrogens is 428 g/mol. The highest BCUT2D eigenvalue weighted by atomic mass is 16.5. The van der Waals surface area contributed by atoms with Crippen LogP contribution in [0.3, 0.4) is 0 Å². The van der Waals surface area contributed by atoms with Gasteiger partial charge >= 0.3 is 0 Å². The van der Waals surface area contributed by atoms with E-state index in [-0.39, 0.29) is 0 Å². The average Bonchev–Trinajstić information content (AvgIpc) is 3.34. The number of benzene rings is 1. The van der Waals surface area contributed by atoms with E-state index in [1.807, 2.05) is 44.2 Å². The van der Waals surface area contributed by atoms with E-state index in [0.717, 1.165) is 36.6 Å². The molecular formula is C26H24N6O2. The zero-order chi connectivity index (χ0) is 23.5. The van der Waals surface area contributed by atoms with Crippen molar-refractivity contribution >= 4 is 0 Å². The Bertz CT molecular complexity index is 1340. The van der Waals surface area contributed by atoms with Gasteiger partial charge in [0.05, 0.1) is 54.5 Å². The number of ether oxygens (including phenoxy) is 1. The first kappa shape index (κ1) is 21.9. The van der Waals surface area contributed by atoms with Crippen LogP contribution >= 0.6 is 0 Å². The Morgan fingerprint density at radius 3 is 2.56 bits per heavy atom. The lowest BCUT2D eigenvalue weighted by Crippen LogP contribution is -2.45. The molecule has 0 radical (unpaired) electrons. The topological polar surface area (TPSA) is 110 Å². The normalized spacial score (nSPS) is 13.9. The maximum Gasteiger partial charge on any atom is 0.187 e. The Morgan fingerprint density at radius 1 is 1.03 bits per heavy atom. The highest BCUT2D eigenvalue weighted by molar-refractivity contribution is 5.67. The summed E-state index contributed by atoms with van der Waals surface area (Å²) in [6, 6.07) is 16.6. The van der Waals surface area contributed by atoms with Crippen LogP contribution in [0, 0.1) is 11.3 Å². The summed E-state index contributed by atoms with van der Waals surface area (Å²) < 4.78 is 10.8. The van der Waals surface area contributed by atoms with Crippen LogP contribution in [0.25, 0.3) is 34.0 Å². The third-order valence-electron chi connectivity index (χ3n) is 5.86. The minimum atomic E-state index is -0.696. The van der Waals surface area contributed by atoms with Crippen LogP contribution in [-0.4, -0.2) is 39.4 Å². The summed E-state index contributed by atoms with van der Waals surface area (Å²) in [4.78, 5) is 13.4. The number of nitrogens with zero attached hydrogens (tertiary/aromatic N) is 5. The average molecular weight is 453 g/mol. The fraction of sp³-hybridized carbons (Fsp3) is 0.269. The molecule has 1 fully saturated rings. The lowest BCUT2D eigenvalue weighted by atomic mass is 9.90. The molecule has 1 aliphatic heterocycles. The Balaban J connectivity index is 1.34. The predicted molar refractivity (Wildman–Crippen MR) is 126 cm³/mol. The second kappa shape index (κ2) is 9.14. The lowest BCUT2D eigenvalue weighted by Gasteiger charge is -2.27. The molecule has 5 rings (SSSR count). The molecule has 0 unspecified atom stereocenters. The molecule has 170 valence electrons. The molecule has 34 heavy (non-hydrogen) atoms. The predicted octanol–water partition coefficient (Wildman–Crippen LogP) is 4.15. The highest BCUT2D eigenvalue weighted by Crippen LogP contribution is 2.28. The van der Waals surface area contributed by atoms with Crippen molar-refractivity contribution in [2.24, 2.45) is 0 Å². The maximum atomic E-state index is 9.43. The van der Waals surface area contributed by atoms with Crippen molar-refractivity contribution in [3.05, 3.63) is 72.3 Å². The van der Waals surface area contributed by atoms with E-state index in [0.29, 0.717) is 28.9 Å². The molecule has 1 N–H and O–H groups in total. The first-order chi connectivity index (χ1) is 16.5. The first-order valence-electron chi connectivity index (χ1n) is 11.1. The van der Waals surface area contributed by atoms with E-state index in [4.69, 9.17) is 14.2 Å². The van der Waals surface area contributed by atoms with Gasteiger partial charge in [-0.05, 0) is 31.5 Å². The fourth-order valence-corrected chi connectivity index (χ4v) is 3.55. The van der Waals surface area contributed by atoms with Gasteiger partial charge in [0.25, 0.3) is 0 Å². The zero-order valence-corrected chi connectivity index (χ0v) is 19.0. The van der Waals surface area contributed by atoms with E-state index >= 15 is 0 Å². The third-order valence-corrected chi connectivity index (χ3v) is 5.86. The second-order valence-electron chi connectivity index (χ2n) is 8.84. The SMILES string of the molecule is CC(C)(C#N)c1cc(-c2cncc(-c3cc(-c4ccc(CNC5COC5)cc4)no3)n2)ccn1. The van der Waals surface area contributed by atoms with Gasteiger partial charge in [-0.2, -0.15) is 5.26 Å². The molecule has 4 heterocycles. The lowest BCUT2D eigenvalue weighted by molar-refractivity contribution is -0.00578. The van der Waals surface area contributed by atoms with E-state index in [9.17, 15) is 5.26 Å². The van der Waals surface area contributed by atoms with Crippen molar-refractivity contribution < 1.29 is 9.26 Å². The monoisotopic (exact) mass is 452 g/mol. The van der Waals surface area contributed by atoms with Gasteiger partial charge in [0.15, 0.2) is 5.76 Å². The minimum absolute atomic E-state index is 0.450. The van der Waals surface area contributed by atoms with Crippen LogP contribution in [0.5, 0.6) is 0 Å². The number of nitrogens with one attached hydrogen (secondary N) is 1. The number of hydrogen-bond donors (Lipinski definition) is 1. The van der Waals surface area contributed by atoms with Crippen LogP contribution in [0.1, 0.15) is 25.1 Å². The number of nitriles is 1. The quantitative estimate of drug-likeness (QED) is 0.445. The number of rotatable bonds is 7. The van der Waals surface area contributed by atoms with Crippen molar-refractivity contribution in [2.75, 3.05) is 13.2 Å². The fourth-order valence-electron chi connectivity index (χ4n) is 3.55. The van der Waals surface area contributed by atoms with Crippen molar-refractivity contribution in [3.63, 3.8) is 0 Å². The largest absolute Gasteiger partial charge is 0.378 e.